The Balaban J connectivity index is 2.54. The van der Waals surface area contributed by atoms with Crippen molar-refractivity contribution in [1.29, 1.82) is 5.26 Å². The standard InChI is InChI=1S/C30H40N4O6/c1-6-7-8-17-32-27(37)25(23-11-9-10-20(2)26(23)36)34(18-16-31)28(38)24(33-29(39)40-30(3,4)5)19-21-12-14-22(35)15-13-21/h9-15,24-25,35-36H,6-8,17-19H2,1-5H3,(H,32,37)(H,33,39). The molecule has 40 heavy (non-hydrogen) atoms. The SMILES string of the molecule is CCCCCNC(=O)C(c1cccc(C)c1O)N(CC#N)C(=O)C(Cc1ccc(O)cc1)NC(=O)OC(C)(C)C. The molecule has 2 rings (SSSR count). The van der Waals surface area contributed by atoms with Crippen LogP contribution in [0.3, 0.4) is 0 Å². The first kappa shape index (κ1) is 32.0. The van der Waals surface area contributed by atoms with Crippen molar-refractivity contribution in [2.45, 2.75) is 78.0 Å². The van der Waals surface area contributed by atoms with Gasteiger partial charge in [-0.05, 0) is 57.4 Å². The quantitative estimate of drug-likeness (QED) is 0.227. The lowest BCUT2D eigenvalue weighted by Gasteiger charge is -2.33. The number of carbonyl (C=O) groups is 3. The summed E-state index contributed by atoms with van der Waals surface area (Å²) in [6.07, 6.45) is 1.72. The molecule has 10 nitrogen and oxygen atoms in total. The number of nitrogens with one attached hydrogen (secondary N) is 2. The van der Waals surface area contributed by atoms with Crippen molar-refractivity contribution >= 4 is 17.9 Å². The summed E-state index contributed by atoms with van der Waals surface area (Å²) < 4.78 is 5.37. The molecule has 0 fully saturated rings. The Kier molecular flexibility index (Phi) is 11.8. The maximum Gasteiger partial charge on any atom is 0.408 e. The van der Waals surface area contributed by atoms with Gasteiger partial charge in [-0.15, -0.1) is 0 Å². The summed E-state index contributed by atoms with van der Waals surface area (Å²) in [7, 11) is 0. The average molecular weight is 553 g/mol. The Morgan fingerprint density at radius 1 is 1.07 bits per heavy atom. The lowest BCUT2D eigenvalue weighted by molar-refractivity contribution is -0.141. The average Bonchev–Trinajstić information content (AvgIpc) is 2.88. The number of benzene rings is 2. The predicted octanol–water partition coefficient (Wildman–Crippen LogP) is 4.24. The zero-order valence-corrected chi connectivity index (χ0v) is 23.9. The van der Waals surface area contributed by atoms with Gasteiger partial charge in [-0.3, -0.25) is 9.59 Å². The fraction of sp³-hybridized carbons (Fsp3) is 0.467. The largest absolute Gasteiger partial charge is 0.508 e. The van der Waals surface area contributed by atoms with Crippen LogP contribution in [0.15, 0.2) is 42.5 Å². The number of para-hydroxylation sites is 1. The van der Waals surface area contributed by atoms with Crippen LogP contribution in [-0.2, 0) is 20.7 Å². The number of aryl methyl sites for hydroxylation is 1. The molecule has 0 saturated heterocycles. The van der Waals surface area contributed by atoms with Crippen molar-refractivity contribution in [1.82, 2.24) is 15.5 Å². The number of amides is 3. The van der Waals surface area contributed by atoms with E-state index in [1.54, 1.807) is 52.0 Å². The van der Waals surface area contributed by atoms with Gasteiger partial charge in [0, 0.05) is 18.5 Å². The highest BCUT2D eigenvalue weighted by atomic mass is 16.6. The summed E-state index contributed by atoms with van der Waals surface area (Å²) >= 11 is 0. The van der Waals surface area contributed by atoms with E-state index in [4.69, 9.17) is 4.74 Å². The third-order valence-corrected chi connectivity index (χ3v) is 6.09. The van der Waals surface area contributed by atoms with Gasteiger partial charge in [0.2, 0.25) is 11.8 Å². The monoisotopic (exact) mass is 552 g/mol. The fourth-order valence-electron chi connectivity index (χ4n) is 4.13. The Morgan fingerprint density at radius 3 is 2.35 bits per heavy atom. The Morgan fingerprint density at radius 2 is 1.75 bits per heavy atom. The first-order valence-electron chi connectivity index (χ1n) is 13.4. The Bertz CT molecular complexity index is 1200. The number of ether oxygens (including phenoxy) is 1. The molecule has 0 aromatic heterocycles. The maximum absolute atomic E-state index is 14.1. The Hall–Kier alpha value is -4.26. The van der Waals surface area contributed by atoms with E-state index in [0.29, 0.717) is 17.7 Å². The molecule has 2 aromatic carbocycles. The van der Waals surface area contributed by atoms with Gasteiger partial charge in [0.1, 0.15) is 35.7 Å². The number of nitrogens with zero attached hydrogens (tertiary/aromatic N) is 2. The van der Waals surface area contributed by atoms with Crippen molar-refractivity contribution in [2.24, 2.45) is 0 Å². The van der Waals surface area contributed by atoms with E-state index in [0.717, 1.165) is 24.2 Å². The number of unbranched alkanes of at least 4 members (excludes halogenated alkanes) is 2. The third kappa shape index (κ3) is 9.49. The molecule has 0 saturated carbocycles. The lowest BCUT2D eigenvalue weighted by atomic mass is 9.98. The molecular formula is C30H40N4O6. The van der Waals surface area contributed by atoms with Gasteiger partial charge in [-0.2, -0.15) is 5.26 Å². The summed E-state index contributed by atoms with van der Waals surface area (Å²) in [4.78, 5) is 41.5. The first-order chi connectivity index (χ1) is 18.9. The van der Waals surface area contributed by atoms with Crippen LogP contribution < -0.4 is 10.6 Å². The van der Waals surface area contributed by atoms with Crippen molar-refractivity contribution in [3.05, 3.63) is 59.2 Å². The van der Waals surface area contributed by atoms with Crippen LogP contribution in [0.5, 0.6) is 11.5 Å². The van der Waals surface area contributed by atoms with Gasteiger partial charge < -0.3 is 30.5 Å². The van der Waals surface area contributed by atoms with E-state index < -0.39 is 42.1 Å². The second-order valence-electron chi connectivity index (χ2n) is 10.6. The molecule has 0 radical (unpaired) electrons. The van der Waals surface area contributed by atoms with Crippen LogP contribution in [-0.4, -0.2) is 57.8 Å². The molecule has 2 aromatic rings. The molecule has 0 heterocycles. The minimum absolute atomic E-state index is 0.00900. The van der Waals surface area contributed by atoms with Gasteiger partial charge in [0.15, 0.2) is 0 Å². The third-order valence-electron chi connectivity index (χ3n) is 6.09. The van der Waals surface area contributed by atoms with Crippen LogP contribution in [0.1, 0.15) is 69.7 Å². The minimum Gasteiger partial charge on any atom is -0.508 e. The lowest BCUT2D eigenvalue weighted by Crippen LogP contribution is -2.54. The molecule has 0 aliphatic heterocycles. The van der Waals surface area contributed by atoms with Crippen LogP contribution in [0, 0.1) is 18.3 Å². The Labute approximate surface area is 235 Å². The van der Waals surface area contributed by atoms with E-state index in [1.165, 1.54) is 18.2 Å². The van der Waals surface area contributed by atoms with E-state index in [9.17, 15) is 29.9 Å². The van der Waals surface area contributed by atoms with Crippen LogP contribution in [0.25, 0.3) is 0 Å². The van der Waals surface area contributed by atoms with Gasteiger partial charge in [-0.25, -0.2) is 4.79 Å². The van der Waals surface area contributed by atoms with Crippen LogP contribution in [0.2, 0.25) is 0 Å². The fourth-order valence-corrected chi connectivity index (χ4v) is 4.13. The van der Waals surface area contributed by atoms with Gasteiger partial charge in [0.05, 0.1) is 6.07 Å². The minimum atomic E-state index is -1.34. The van der Waals surface area contributed by atoms with Crippen LogP contribution in [0.4, 0.5) is 4.79 Å². The number of hydrogen-bond acceptors (Lipinski definition) is 7. The summed E-state index contributed by atoms with van der Waals surface area (Å²) in [5.41, 5.74) is 0.440. The molecule has 0 spiro atoms. The van der Waals surface area contributed by atoms with E-state index in [-0.39, 0.29) is 23.5 Å². The van der Waals surface area contributed by atoms with Gasteiger partial charge in [-0.1, -0.05) is 50.1 Å². The second kappa shape index (κ2) is 14.8. The van der Waals surface area contributed by atoms with Gasteiger partial charge >= 0.3 is 6.09 Å². The second-order valence-corrected chi connectivity index (χ2v) is 10.6. The zero-order chi connectivity index (χ0) is 29.9. The highest BCUT2D eigenvalue weighted by Crippen LogP contribution is 2.32. The van der Waals surface area contributed by atoms with Crippen molar-refractivity contribution in [3.63, 3.8) is 0 Å². The van der Waals surface area contributed by atoms with E-state index in [2.05, 4.69) is 10.6 Å². The number of nitriles is 1. The van der Waals surface area contributed by atoms with E-state index in [1.807, 2.05) is 13.0 Å². The number of hydrogen-bond donors (Lipinski definition) is 4. The normalized spacial score (nSPS) is 12.5. The summed E-state index contributed by atoms with van der Waals surface area (Å²) in [6, 6.07) is 10.4. The summed E-state index contributed by atoms with van der Waals surface area (Å²) in [6.45, 7) is 8.64. The van der Waals surface area contributed by atoms with Crippen molar-refractivity contribution in [3.8, 4) is 17.6 Å². The molecule has 0 aliphatic carbocycles. The highest BCUT2D eigenvalue weighted by molar-refractivity contribution is 5.93. The number of aromatic hydroxyl groups is 2. The molecule has 10 heteroatoms. The topological polar surface area (TPSA) is 152 Å². The molecule has 0 bridgehead atoms. The summed E-state index contributed by atoms with van der Waals surface area (Å²) in [5.74, 6) is -1.40. The van der Waals surface area contributed by atoms with E-state index >= 15 is 0 Å². The maximum atomic E-state index is 14.1. The zero-order valence-electron chi connectivity index (χ0n) is 23.9. The number of rotatable bonds is 12. The molecular weight excluding hydrogens is 512 g/mol. The van der Waals surface area contributed by atoms with Crippen LogP contribution >= 0.6 is 0 Å². The molecule has 216 valence electrons. The number of alkyl carbamates (subject to hydrolysis) is 1. The molecule has 2 unspecified atom stereocenters. The number of carbonyl (C=O) groups excluding carboxylic acids is 3. The van der Waals surface area contributed by atoms with Crippen molar-refractivity contribution < 1.29 is 29.3 Å². The number of phenolic OH excluding ortho intramolecular Hbond substituents is 2. The highest BCUT2D eigenvalue weighted by Gasteiger charge is 2.37. The molecule has 0 aliphatic rings. The molecule has 4 N–H and O–H groups in total. The number of phenols is 2. The molecule has 2 atom stereocenters. The summed E-state index contributed by atoms with van der Waals surface area (Å²) in [5, 5.41) is 35.7. The predicted molar refractivity (Wildman–Crippen MR) is 150 cm³/mol. The van der Waals surface area contributed by atoms with Crippen molar-refractivity contribution in [2.75, 3.05) is 13.1 Å². The smallest absolute Gasteiger partial charge is 0.408 e. The van der Waals surface area contributed by atoms with Gasteiger partial charge in [0.25, 0.3) is 0 Å². The molecule has 3 amide bonds. The first-order valence-corrected chi connectivity index (χ1v) is 13.4.